The standard InChI is InChI=1S/C20H23FN2O2S/c1-26-18-17(4-2-10-22-18)19(25)23-11-3-9-20(13-23,14-24)12-15-5-7-16(21)8-6-15/h2,4-8,10,24H,3,9,11-14H2,1H3/t20-/m1/s1. The molecular weight excluding hydrogens is 351 g/mol. The number of piperidine rings is 1. The van der Waals surface area contributed by atoms with Gasteiger partial charge < -0.3 is 10.0 Å². The molecule has 0 spiro atoms. The summed E-state index contributed by atoms with van der Waals surface area (Å²) in [6.45, 7) is 1.16. The highest BCUT2D eigenvalue weighted by molar-refractivity contribution is 7.98. The maximum Gasteiger partial charge on any atom is 0.256 e. The van der Waals surface area contributed by atoms with Gasteiger partial charge in [-0.2, -0.15) is 0 Å². The van der Waals surface area contributed by atoms with Gasteiger partial charge in [-0.3, -0.25) is 4.79 Å². The number of thioether (sulfide) groups is 1. The van der Waals surface area contributed by atoms with E-state index in [0.717, 1.165) is 23.4 Å². The van der Waals surface area contributed by atoms with Gasteiger partial charge in [0.2, 0.25) is 0 Å². The fourth-order valence-corrected chi connectivity index (χ4v) is 4.17. The zero-order valence-electron chi connectivity index (χ0n) is 14.8. The van der Waals surface area contributed by atoms with Gasteiger partial charge in [0, 0.05) is 24.7 Å². The Kier molecular flexibility index (Phi) is 5.94. The highest BCUT2D eigenvalue weighted by atomic mass is 32.2. The molecule has 1 aromatic heterocycles. The summed E-state index contributed by atoms with van der Waals surface area (Å²) in [5.74, 6) is -0.312. The Morgan fingerprint density at radius 2 is 2.12 bits per heavy atom. The van der Waals surface area contributed by atoms with E-state index in [1.165, 1.54) is 23.9 Å². The number of nitrogens with zero attached hydrogens (tertiary/aromatic N) is 2. The van der Waals surface area contributed by atoms with E-state index >= 15 is 0 Å². The minimum Gasteiger partial charge on any atom is -0.396 e. The summed E-state index contributed by atoms with van der Waals surface area (Å²) < 4.78 is 13.2. The van der Waals surface area contributed by atoms with Crippen molar-refractivity contribution in [2.75, 3.05) is 26.0 Å². The van der Waals surface area contributed by atoms with Crippen LogP contribution in [-0.4, -0.2) is 46.8 Å². The number of hydrogen-bond donors (Lipinski definition) is 1. The van der Waals surface area contributed by atoms with E-state index in [2.05, 4.69) is 4.98 Å². The maximum absolute atomic E-state index is 13.2. The van der Waals surface area contributed by atoms with Gasteiger partial charge in [-0.05, 0) is 55.3 Å². The number of carbonyl (C=O) groups is 1. The summed E-state index contributed by atoms with van der Waals surface area (Å²) in [5.41, 5.74) is 1.18. The van der Waals surface area contributed by atoms with Crippen molar-refractivity contribution in [1.82, 2.24) is 9.88 Å². The number of amides is 1. The average Bonchev–Trinajstić information content (AvgIpc) is 2.69. The first-order valence-electron chi connectivity index (χ1n) is 8.70. The molecule has 0 saturated carbocycles. The van der Waals surface area contributed by atoms with Crippen LogP contribution < -0.4 is 0 Å². The van der Waals surface area contributed by atoms with Crippen LogP contribution in [0.1, 0.15) is 28.8 Å². The normalized spacial score (nSPS) is 20.2. The summed E-state index contributed by atoms with van der Waals surface area (Å²) in [6, 6.07) is 9.95. The summed E-state index contributed by atoms with van der Waals surface area (Å²) in [7, 11) is 0. The topological polar surface area (TPSA) is 53.4 Å². The molecule has 26 heavy (non-hydrogen) atoms. The van der Waals surface area contributed by atoms with Gasteiger partial charge in [-0.1, -0.05) is 12.1 Å². The molecule has 2 heterocycles. The first kappa shape index (κ1) is 18.9. The van der Waals surface area contributed by atoms with E-state index in [1.807, 2.05) is 11.2 Å². The number of pyridine rings is 1. The lowest BCUT2D eigenvalue weighted by Crippen LogP contribution is -2.49. The van der Waals surface area contributed by atoms with Crippen LogP contribution in [0.25, 0.3) is 0 Å². The molecule has 1 fully saturated rings. The lowest BCUT2D eigenvalue weighted by Gasteiger charge is -2.42. The molecule has 2 aromatic rings. The van der Waals surface area contributed by atoms with Crippen LogP contribution in [0.15, 0.2) is 47.6 Å². The SMILES string of the molecule is CSc1ncccc1C(=O)N1CCC[C@@](CO)(Cc2ccc(F)cc2)C1. The third-order valence-corrected chi connectivity index (χ3v) is 5.68. The predicted molar refractivity (Wildman–Crippen MR) is 101 cm³/mol. The van der Waals surface area contributed by atoms with E-state index in [9.17, 15) is 14.3 Å². The zero-order valence-corrected chi connectivity index (χ0v) is 15.6. The monoisotopic (exact) mass is 374 g/mol. The van der Waals surface area contributed by atoms with Gasteiger partial charge in [0.15, 0.2) is 0 Å². The van der Waals surface area contributed by atoms with E-state index in [1.54, 1.807) is 30.5 Å². The Morgan fingerprint density at radius 3 is 2.81 bits per heavy atom. The largest absolute Gasteiger partial charge is 0.396 e. The molecular formula is C20H23FN2O2S. The molecule has 138 valence electrons. The Balaban J connectivity index is 1.80. The molecule has 0 aliphatic carbocycles. The molecule has 3 rings (SSSR count). The lowest BCUT2D eigenvalue weighted by molar-refractivity contribution is 0.0269. The maximum atomic E-state index is 13.2. The van der Waals surface area contributed by atoms with Crippen LogP contribution in [0.2, 0.25) is 0 Å². The van der Waals surface area contributed by atoms with Gasteiger partial charge in [0.1, 0.15) is 10.8 Å². The Morgan fingerprint density at radius 1 is 1.35 bits per heavy atom. The van der Waals surface area contributed by atoms with Crippen LogP contribution in [0.4, 0.5) is 4.39 Å². The van der Waals surface area contributed by atoms with Gasteiger partial charge in [-0.15, -0.1) is 11.8 Å². The zero-order chi connectivity index (χ0) is 18.6. The van der Waals surface area contributed by atoms with Crippen molar-refractivity contribution in [2.24, 2.45) is 5.41 Å². The number of benzene rings is 1. The number of aromatic nitrogens is 1. The summed E-state index contributed by atoms with van der Waals surface area (Å²) in [4.78, 5) is 19.1. The molecule has 1 atom stereocenters. The molecule has 0 radical (unpaired) electrons. The first-order valence-corrected chi connectivity index (χ1v) is 9.93. The molecule has 1 aliphatic heterocycles. The van der Waals surface area contributed by atoms with Crippen LogP contribution in [0.5, 0.6) is 0 Å². The molecule has 4 nitrogen and oxygen atoms in total. The number of hydrogen-bond acceptors (Lipinski definition) is 4. The third kappa shape index (κ3) is 4.07. The van der Waals surface area contributed by atoms with Crippen molar-refractivity contribution in [3.05, 3.63) is 59.5 Å². The molecule has 0 unspecified atom stereocenters. The van der Waals surface area contributed by atoms with Crippen molar-refractivity contribution in [2.45, 2.75) is 24.3 Å². The number of aliphatic hydroxyl groups is 1. The molecule has 1 N–H and O–H groups in total. The summed E-state index contributed by atoms with van der Waals surface area (Å²) in [5, 5.41) is 10.8. The third-order valence-electron chi connectivity index (χ3n) is 4.97. The van der Waals surface area contributed by atoms with Crippen molar-refractivity contribution < 1.29 is 14.3 Å². The predicted octanol–water partition coefficient (Wildman–Crippen LogP) is 3.40. The fraction of sp³-hybridized carbons (Fsp3) is 0.400. The van der Waals surface area contributed by atoms with E-state index in [4.69, 9.17) is 0 Å². The van der Waals surface area contributed by atoms with E-state index < -0.39 is 5.41 Å². The van der Waals surface area contributed by atoms with E-state index in [0.29, 0.717) is 25.1 Å². The second-order valence-corrected chi connectivity index (χ2v) is 7.65. The Bertz CT molecular complexity index is 769. The van der Waals surface area contributed by atoms with Gasteiger partial charge in [0.25, 0.3) is 5.91 Å². The Hall–Kier alpha value is -1.92. The van der Waals surface area contributed by atoms with E-state index in [-0.39, 0.29) is 18.3 Å². The highest BCUT2D eigenvalue weighted by Gasteiger charge is 2.37. The number of rotatable bonds is 5. The number of aliphatic hydroxyl groups excluding tert-OH is 1. The van der Waals surface area contributed by atoms with Crippen LogP contribution in [0.3, 0.4) is 0 Å². The quantitative estimate of drug-likeness (QED) is 0.815. The smallest absolute Gasteiger partial charge is 0.256 e. The minimum absolute atomic E-state index is 0.00339. The second-order valence-electron chi connectivity index (χ2n) is 6.85. The van der Waals surface area contributed by atoms with Gasteiger partial charge in [-0.25, -0.2) is 9.37 Å². The molecule has 1 aliphatic rings. The number of likely N-dealkylation sites (tertiary alicyclic amines) is 1. The Labute approximate surface area is 157 Å². The molecule has 1 saturated heterocycles. The summed E-state index contributed by atoms with van der Waals surface area (Å²) >= 11 is 1.45. The minimum atomic E-state index is -0.395. The van der Waals surface area contributed by atoms with Crippen molar-refractivity contribution >= 4 is 17.7 Å². The molecule has 0 bridgehead atoms. The van der Waals surface area contributed by atoms with Gasteiger partial charge in [0.05, 0.1) is 12.2 Å². The number of halogens is 1. The van der Waals surface area contributed by atoms with Crippen LogP contribution in [-0.2, 0) is 6.42 Å². The van der Waals surface area contributed by atoms with Crippen LogP contribution in [0, 0.1) is 11.2 Å². The van der Waals surface area contributed by atoms with Crippen molar-refractivity contribution in [3.8, 4) is 0 Å². The fourth-order valence-electron chi connectivity index (χ4n) is 3.63. The summed E-state index contributed by atoms with van der Waals surface area (Å²) in [6.07, 6.45) is 5.89. The highest BCUT2D eigenvalue weighted by Crippen LogP contribution is 2.34. The lowest BCUT2D eigenvalue weighted by atomic mass is 9.75. The van der Waals surface area contributed by atoms with Gasteiger partial charge >= 0.3 is 0 Å². The van der Waals surface area contributed by atoms with Crippen LogP contribution >= 0.6 is 11.8 Å². The molecule has 1 aromatic carbocycles. The van der Waals surface area contributed by atoms with Crippen molar-refractivity contribution in [1.29, 1.82) is 0 Å². The molecule has 6 heteroatoms. The first-order chi connectivity index (χ1) is 12.6. The number of carbonyl (C=O) groups excluding carboxylic acids is 1. The van der Waals surface area contributed by atoms with Crippen molar-refractivity contribution in [3.63, 3.8) is 0 Å². The second kappa shape index (κ2) is 8.18. The molecule has 1 amide bonds. The average molecular weight is 374 g/mol.